The average molecular weight is 450 g/mol. The van der Waals surface area contributed by atoms with Gasteiger partial charge >= 0.3 is 0 Å². The Hall–Kier alpha value is -2.57. The number of hydrogen-bond donors (Lipinski definition) is 0. The van der Waals surface area contributed by atoms with Gasteiger partial charge in [0.1, 0.15) is 5.76 Å². The van der Waals surface area contributed by atoms with Gasteiger partial charge in [-0.3, -0.25) is 9.69 Å². The number of aromatic nitrogens is 1. The summed E-state index contributed by atoms with van der Waals surface area (Å²) in [5.74, 6) is 2.86. The largest absolute Gasteiger partial charge is 0.441 e. The summed E-state index contributed by atoms with van der Waals surface area (Å²) in [6.07, 6.45) is 1.02. The quantitative estimate of drug-likeness (QED) is 0.495. The van der Waals surface area contributed by atoms with E-state index in [-0.39, 0.29) is 5.91 Å². The summed E-state index contributed by atoms with van der Waals surface area (Å²) in [6, 6.07) is 18.9. The van der Waals surface area contributed by atoms with E-state index in [1.807, 2.05) is 17.9 Å². The third-order valence-corrected chi connectivity index (χ3v) is 6.87. The van der Waals surface area contributed by atoms with Crippen molar-refractivity contribution in [2.24, 2.45) is 0 Å². The fourth-order valence-electron chi connectivity index (χ4n) is 3.89. The minimum absolute atomic E-state index is 0.214. The van der Waals surface area contributed by atoms with E-state index < -0.39 is 0 Å². The highest BCUT2D eigenvalue weighted by molar-refractivity contribution is 7.99. The molecule has 0 N–H and O–H groups in total. The third-order valence-electron chi connectivity index (χ3n) is 5.94. The second-order valence-electron chi connectivity index (χ2n) is 8.21. The number of rotatable bonds is 8. The van der Waals surface area contributed by atoms with E-state index in [1.54, 1.807) is 11.8 Å². The maximum Gasteiger partial charge on any atom is 0.232 e. The zero-order valence-corrected chi connectivity index (χ0v) is 19.7. The normalized spacial score (nSPS) is 14.6. The molecule has 5 nitrogen and oxygen atoms in total. The number of carbonyl (C=O) groups excluding carboxylic acids is 1. The van der Waals surface area contributed by atoms with Crippen LogP contribution in [-0.4, -0.2) is 52.6 Å². The number of nitrogens with zero attached hydrogens (tertiary/aromatic N) is 3. The highest BCUT2D eigenvalue weighted by Gasteiger charge is 2.21. The second kappa shape index (κ2) is 10.8. The summed E-state index contributed by atoms with van der Waals surface area (Å²) >= 11 is 1.61. The Labute approximate surface area is 194 Å². The van der Waals surface area contributed by atoms with Crippen molar-refractivity contribution in [2.45, 2.75) is 32.6 Å². The molecule has 1 fully saturated rings. The van der Waals surface area contributed by atoms with Gasteiger partial charge in [0.2, 0.25) is 11.8 Å². The fourth-order valence-corrected chi connectivity index (χ4v) is 4.81. The molecule has 6 heteroatoms. The summed E-state index contributed by atoms with van der Waals surface area (Å²) < 4.78 is 5.88. The first-order valence-corrected chi connectivity index (χ1v) is 12.4. The van der Waals surface area contributed by atoms with Crippen molar-refractivity contribution in [3.05, 3.63) is 77.2 Å². The third kappa shape index (κ3) is 5.81. The highest BCUT2D eigenvalue weighted by atomic mass is 32.2. The molecule has 0 spiro atoms. The van der Waals surface area contributed by atoms with E-state index in [0.717, 1.165) is 56.2 Å². The molecule has 3 aromatic rings. The van der Waals surface area contributed by atoms with Crippen LogP contribution in [0.25, 0.3) is 11.5 Å². The molecular formula is C26H31N3O2S. The van der Waals surface area contributed by atoms with Gasteiger partial charge in [0.05, 0.1) is 11.4 Å². The van der Waals surface area contributed by atoms with Crippen LogP contribution < -0.4 is 0 Å². The number of oxazole rings is 1. The van der Waals surface area contributed by atoms with Crippen molar-refractivity contribution >= 4 is 17.7 Å². The number of piperazine rings is 1. The molecular weight excluding hydrogens is 418 g/mol. The second-order valence-corrected chi connectivity index (χ2v) is 9.19. The van der Waals surface area contributed by atoms with Crippen molar-refractivity contribution in [3.8, 4) is 11.5 Å². The molecule has 0 aliphatic carbocycles. The van der Waals surface area contributed by atoms with Crippen LogP contribution >= 0.6 is 11.8 Å². The van der Waals surface area contributed by atoms with Crippen molar-refractivity contribution in [1.82, 2.24) is 14.8 Å². The molecule has 1 amide bonds. The maximum absolute atomic E-state index is 12.7. The van der Waals surface area contributed by atoms with Crippen LogP contribution in [-0.2, 0) is 23.5 Å². The van der Waals surface area contributed by atoms with Crippen LogP contribution in [0.3, 0.4) is 0 Å². The molecule has 2 aromatic carbocycles. The monoisotopic (exact) mass is 449 g/mol. The number of amides is 1. The minimum Gasteiger partial charge on any atom is -0.441 e. The molecule has 0 unspecified atom stereocenters. The van der Waals surface area contributed by atoms with Crippen LogP contribution in [0.2, 0.25) is 0 Å². The lowest BCUT2D eigenvalue weighted by Gasteiger charge is -2.34. The van der Waals surface area contributed by atoms with Crippen molar-refractivity contribution in [3.63, 3.8) is 0 Å². The average Bonchev–Trinajstić information content (AvgIpc) is 3.20. The van der Waals surface area contributed by atoms with Crippen LogP contribution in [0.5, 0.6) is 0 Å². The van der Waals surface area contributed by atoms with E-state index in [1.165, 1.54) is 11.1 Å². The highest BCUT2D eigenvalue weighted by Crippen LogP contribution is 2.25. The van der Waals surface area contributed by atoms with Crippen LogP contribution in [0.15, 0.2) is 59.0 Å². The first kappa shape index (κ1) is 22.6. The fraction of sp³-hybridized carbons (Fsp3) is 0.385. The molecule has 1 saturated heterocycles. The van der Waals surface area contributed by atoms with Crippen molar-refractivity contribution in [1.29, 1.82) is 0 Å². The van der Waals surface area contributed by atoms with Gasteiger partial charge < -0.3 is 9.32 Å². The SMILES string of the molecule is CCc1ccc(-c2nc(CSCC(=O)N3CCN(Cc4ccccc4)CC3)c(C)o2)cc1. The molecule has 1 aromatic heterocycles. The Morgan fingerprint density at radius 1 is 1.00 bits per heavy atom. The molecule has 32 heavy (non-hydrogen) atoms. The molecule has 1 aliphatic rings. The summed E-state index contributed by atoms with van der Waals surface area (Å²) in [7, 11) is 0. The van der Waals surface area contributed by atoms with E-state index in [9.17, 15) is 4.79 Å². The molecule has 0 atom stereocenters. The zero-order valence-electron chi connectivity index (χ0n) is 18.9. The minimum atomic E-state index is 0.214. The number of carbonyl (C=O) groups is 1. The predicted octanol–water partition coefficient (Wildman–Crippen LogP) is 4.79. The van der Waals surface area contributed by atoms with Gasteiger partial charge in [-0.15, -0.1) is 11.8 Å². The first-order valence-electron chi connectivity index (χ1n) is 11.3. The van der Waals surface area contributed by atoms with Crippen LogP contribution in [0.4, 0.5) is 0 Å². The molecule has 0 radical (unpaired) electrons. The number of aryl methyl sites for hydroxylation is 2. The summed E-state index contributed by atoms with van der Waals surface area (Å²) in [5, 5.41) is 0. The molecule has 1 aliphatic heterocycles. The molecule has 2 heterocycles. The standard InChI is InChI=1S/C26H31N3O2S/c1-3-21-9-11-23(12-10-21)26-27-24(20(2)31-26)18-32-19-25(30)29-15-13-28(14-16-29)17-22-7-5-4-6-8-22/h4-12H,3,13-19H2,1-2H3. The molecule has 168 valence electrons. The van der Waals surface area contributed by atoms with Crippen LogP contribution in [0.1, 0.15) is 29.5 Å². The van der Waals surface area contributed by atoms with Crippen LogP contribution in [0, 0.1) is 6.92 Å². The Morgan fingerprint density at radius 2 is 1.72 bits per heavy atom. The predicted molar refractivity (Wildman–Crippen MR) is 131 cm³/mol. The smallest absolute Gasteiger partial charge is 0.232 e. The lowest BCUT2D eigenvalue weighted by Crippen LogP contribution is -2.48. The van der Waals surface area contributed by atoms with Gasteiger partial charge in [0.25, 0.3) is 0 Å². The van der Waals surface area contributed by atoms with E-state index in [4.69, 9.17) is 4.42 Å². The summed E-state index contributed by atoms with van der Waals surface area (Å²) in [4.78, 5) is 21.8. The van der Waals surface area contributed by atoms with E-state index in [2.05, 4.69) is 65.3 Å². The van der Waals surface area contributed by atoms with Gasteiger partial charge in [-0.1, -0.05) is 49.4 Å². The summed E-state index contributed by atoms with van der Waals surface area (Å²) in [6.45, 7) is 8.49. The lowest BCUT2D eigenvalue weighted by molar-refractivity contribution is -0.130. The molecule has 0 saturated carbocycles. The Morgan fingerprint density at radius 3 is 2.41 bits per heavy atom. The lowest BCUT2D eigenvalue weighted by atomic mass is 10.1. The first-order chi connectivity index (χ1) is 15.6. The zero-order chi connectivity index (χ0) is 22.3. The van der Waals surface area contributed by atoms with Gasteiger partial charge in [-0.2, -0.15) is 0 Å². The van der Waals surface area contributed by atoms with Crippen molar-refractivity contribution < 1.29 is 9.21 Å². The Kier molecular flexibility index (Phi) is 7.66. The Balaban J connectivity index is 1.22. The number of thioether (sulfide) groups is 1. The topological polar surface area (TPSA) is 49.6 Å². The number of hydrogen-bond acceptors (Lipinski definition) is 5. The van der Waals surface area contributed by atoms with Gasteiger partial charge in [0.15, 0.2) is 0 Å². The van der Waals surface area contributed by atoms with Crippen molar-refractivity contribution in [2.75, 3.05) is 31.9 Å². The van der Waals surface area contributed by atoms with Gasteiger partial charge in [0, 0.05) is 44.0 Å². The van der Waals surface area contributed by atoms with Gasteiger partial charge in [-0.05, 0) is 36.6 Å². The Bertz CT molecular complexity index is 1010. The maximum atomic E-state index is 12.7. The summed E-state index contributed by atoms with van der Waals surface area (Å²) in [5.41, 5.74) is 4.54. The molecule has 0 bridgehead atoms. The number of benzene rings is 2. The van der Waals surface area contributed by atoms with E-state index in [0.29, 0.717) is 17.4 Å². The molecule has 4 rings (SSSR count). The van der Waals surface area contributed by atoms with Gasteiger partial charge in [-0.25, -0.2) is 4.98 Å². The van der Waals surface area contributed by atoms with E-state index >= 15 is 0 Å².